The van der Waals surface area contributed by atoms with E-state index in [9.17, 15) is 4.79 Å². The predicted octanol–water partition coefficient (Wildman–Crippen LogP) is 3.31. The highest BCUT2D eigenvalue weighted by Crippen LogP contribution is 2.16. The smallest absolute Gasteiger partial charge is 0.251 e. The molecule has 1 N–H and O–H groups in total. The van der Waals surface area contributed by atoms with E-state index >= 15 is 0 Å². The fraction of sp³-hybridized carbons (Fsp3) is 0.364. The van der Waals surface area contributed by atoms with Crippen molar-refractivity contribution < 1.29 is 4.79 Å². The van der Waals surface area contributed by atoms with Gasteiger partial charge in [0.15, 0.2) is 0 Å². The van der Waals surface area contributed by atoms with Crippen LogP contribution in [0.4, 0.5) is 0 Å². The molecule has 1 amide bonds. The number of nitrogens with one attached hydrogen (secondary N) is 1. The van der Waals surface area contributed by atoms with Gasteiger partial charge in [-0.3, -0.25) is 4.79 Å². The fourth-order valence-corrected chi connectivity index (χ4v) is 1.78. The molecule has 0 heterocycles. The van der Waals surface area contributed by atoms with Crippen molar-refractivity contribution in [3.05, 3.63) is 33.8 Å². The van der Waals surface area contributed by atoms with Gasteiger partial charge in [0.2, 0.25) is 0 Å². The van der Waals surface area contributed by atoms with E-state index in [1.807, 2.05) is 25.1 Å². The Hall–Kier alpha value is -0.100. The first kappa shape index (κ1) is 13.0. The number of alkyl halides is 1. The Labute approximate surface area is 112 Å². The average Bonchev–Trinajstić information content (AvgIpc) is 2.22. The summed E-state index contributed by atoms with van der Waals surface area (Å²) in [5.41, 5.74) is 1.81. The van der Waals surface area contributed by atoms with Crippen molar-refractivity contribution in [1.82, 2.24) is 5.32 Å². The fourth-order valence-electron chi connectivity index (χ4n) is 1.16. The molecule has 0 radical (unpaired) electrons. The summed E-state index contributed by atoms with van der Waals surface area (Å²) in [6, 6.07) is 5.63. The lowest BCUT2D eigenvalue weighted by Crippen LogP contribution is -2.24. The zero-order chi connectivity index (χ0) is 11.3. The molecule has 1 aromatic carbocycles. The van der Waals surface area contributed by atoms with E-state index in [0.717, 1.165) is 33.0 Å². The van der Waals surface area contributed by atoms with Crippen LogP contribution in [0, 0.1) is 6.92 Å². The van der Waals surface area contributed by atoms with Gasteiger partial charge < -0.3 is 5.32 Å². The molecule has 0 aliphatic heterocycles. The summed E-state index contributed by atoms with van der Waals surface area (Å²) in [7, 11) is 0. The standard InChI is InChI=1S/C11H13BrINO/c1-8-7-9(3-4-10(8)12)11(15)14-6-2-5-13/h3-4,7H,2,5-6H2,1H3,(H,14,15). The van der Waals surface area contributed by atoms with Crippen LogP contribution in [0.2, 0.25) is 0 Å². The van der Waals surface area contributed by atoms with Crippen LogP contribution in [-0.2, 0) is 0 Å². The zero-order valence-corrected chi connectivity index (χ0v) is 12.3. The van der Waals surface area contributed by atoms with Crippen molar-refractivity contribution in [1.29, 1.82) is 0 Å². The molecular weight excluding hydrogens is 369 g/mol. The number of hydrogen-bond donors (Lipinski definition) is 1. The molecule has 0 atom stereocenters. The first-order chi connectivity index (χ1) is 7.15. The van der Waals surface area contributed by atoms with Crippen molar-refractivity contribution in [3.8, 4) is 0 Å². The summed E-state index contributed by atoms with van der Waals surface area (Å²) in [5, 5.41) is 2.89. The molecule has 0 bridgehead atoms. The Kier molecular flexibility index (Phi) is 5.60. The van der Waals surface area contributed by atoms with E-state index in [2.05, 4.69) is 43.8 Å². The van der Waals surface area contributed by atoms with Gasteiger partial charge in [0.1, 0.15) is 0 Å². The Bertz CT molecular complexity index is 354. The third-order valence-corrected chi connectivity index (χ3v) is 3.67. The van der Waals surface area contributed by atoms with Crippen molar-refractivity contribution in [2.24, 2.45) is 0 Å². The summed E-state index contributed by atoms with van der Waals surface area (Å²) in [4.78, 5) is 11.7. The first-order valence-corrected chi connectivity index (χ1v) is 7.07. The van der Waals surface area contributed by atoms with E-state index in [1.54, 1.807) is 0 Å². The summed E-state index contributed by atoms with van der Waals surface area (Å²) in [5.74, 6) is 0.00968. The van der Waals surface area contributed by atoms with Gasteiger partial charge in [0.05, 0.1) is 0 Å². The maximum Gasteiger partial charge on any atom is 0.251 e. The first-order valence-electron chi connectivity index (χ1n) is 4.75. The van der Waals surface area contributed by atoms with Gasteiger partial charge in [0, 0.05) is 21.0 Å². The highest BCUT2D eigenvalue weighted by atomic mass is 127. The van der Waals surface area contributed by atoms with Gasteiger partial charge in [0.25, 0.3) is 5.91 Å². The Morgan fingerprint density at radius 3 is 2.87 bits per heavy atom. The monoisotopic (exact) mass is 381 g/mol. The largest absolute Gasteiger partial charge is 0.352 e. The van der Waals surface area contributed by atoms with Crippen LogP contribution in [0.3, 0.4) is 0 Å². The minimum absolute atomic E-state index is 0.00968. The van der Waals surface area contributed by atoms with E-state index in [1.165, 1.54) is 0 Å². The number of hydrogen-bond acceptors (Lipinski definition) is 1. The quantitative estimate of drug-likeness (QED) is 0.484. The van der Waals surface area contributed by atoms with Crippen molar-refractivity contribution in [2.75, 3.05) is 11.0 Å². The Balaban J connectivity index is 2.62. The van der Waals surface area contributed by atoms with Gasteiger partial charge in [-0.05, 0) is 37.1 Å². The lowest BCUT2D eigenvalue weighted by Gasteiger charge is -2.05. The Morgan fingerprint density at radius 1 is 1.53 bits per heavy atom. The molecule has 2 nitrogen and oxygen atoms in total. The van der Waals surface area contributed by atoms with Gasteiger partial charge in [-0.15, -0.1) is 0 Å². The van der Waals surface area contributed by atoms with Crippen LogP contribution in [0.25, 0.3) is 0 Å². The molecule has 0 saturated heterocycles. The van der Waals surface area contributed by atoms with Gasteiger partial charge >= 0.3 is 0 Å². The molecule has 82 valence electrons. The zero-order valence-electron chi connectivity index (χ0n) is 8.52. The number of carbonyl (C=O) groups excluding carboxylic acids is 1. The van der Waals surface area contributed by atoms with E-state index in [0.29, 0.717) is 0 Å². The third kappa shape index (κ3) is 4.10. The van der Waals surface area contributed by atoms with E-state index in [-0.39, 0.29) is 5.91 Å². The number of carbonyl (C=O) groups is 1. The third-order valence-electron chi connectivity index (χ3n) is 2.02. The number of rotatable bonds is 4. The van der Waals surface area contributed by atoms with Gasteiger partial charge in [-0.25, -0.2) is 0 Å². The molecule has 0 unspecified atom stereocenters. The second kappa shape index (κ2) is 6.48. The highest BCUT2D eigenvalue weighted by molar-refractivity contribution is 14.1. The molecule has 0 aromatic heterocycles. The van der Waals surface area contributed by atoms with Crippen LogP contribution in [-0.4, -0.2) is 16.9 Å². The maximum atomic E-state index is 11.7. The van der Waals surface area contributed by atoms with Gasteiger partial charge in [-0.1, -0.05) is 38.5 Å². The number of aryl methyl sites for hydroxylation is 1. The van der Waals surface area contributed by atoms with Crippen LogP contribution >= 0.6 is 38.5 Å². The molecule has 1 rings (SSSR count). The summed E-state index contributed by atoms with van der Waals surface area (Å²) in [6.07, 6.45) is 1.02. The van der Waals surface area contributed by atoms with Crippen LogP contribution in [0.1, 0.15) is 22.3 Å². The van der Waals surface area contributed by atoms with Crippen molar-refractivity contribution >= 4 is 44.4 Å². The minimum Gasteiger partial charge on any atom is -0.352 e. The summed E-state index contributed by atoms with van der Waals surface area (Å²) in [6.45, 7) is 2.72. The minimum atomic E-state index is 0.00968. The summed E-state index contributed by atoms with van der Waals surface area (Å²) >= 11 is 5.71. The number of benzene rings is 1. The molecule has 15 heavy (non-hydrogen) atoms. The SMILES string of the molecule is Cc1cc(C(=O)NCCCI)ccc1Br. The average molecular weight is 382 g/mol. The number of amides is 1. The predicted molar refractivity (Wildman–Crippen MR) is 74.7 cm³/mol. The van der Waals surface area contributed by atoms with Crippen LogP contribution in [0.5, 0.6) is 0 Å². The molecular formula is C11H13BrINO. The second-order valence-corrected chi connectivity index (χ2v) is 5.20. The molecule has 4 heteroatoms. The van der Waals surface area contributed by atoms with Gasteiger partial charge in [-0.2, -0.15) is 0 Å². The van der Waals surface area contributed by atoms with Crippen molar-refractivity contribution in [3.63, 3.8) is 0 Å². The lowest BCUT2D eigenvalue weighted by molar-refractivity contribution is 0.0954. The molecule has 0 aliphatic rings. The normalized spacial score (nSPS) is 10.1. The van der Waals surface area contributed by atoms with E-state index < -0.39 is 0 Å². The lowest BCUT2D eigenvalue weighted by atomic mass is 10.1. The molecule has 0 fully saturated rings. The Morgan fingerprint density at radius 2 is 2.27 bits per heavy atom. The molecule has 0 saturated carbocycles. The maximum absolute atomic E-state index is 11.7. The number of halogens is 2. The molecule has 0 spiro atoms. The van der Waals surface area contributed by atoms with Crippen LogP contribution < -0.4 is 5.32 Å². The van der Waals surface area contributed by atoms with E-state index in [4.69, 9.17) is 0 Å². The molecule has 0 aliphatic carbocycles. The molecule has 1 aromatic rings. The van der Waals surface area contributed by atoms with Crippen LogP contribution in [0.15, 0.2) is 22.7 Å². The summed E-state index contributed by atoms with van der Waals surface area (Å²) < 4.78 is 2.10. The van der Waals surface area contributed by atoms with Crippen molar-refractivity contribution in [2.45, 2.75) is 13.3 Å². The second-order valence-electron chi connectivity index (χ2n) is 3.26. The highest BCUT2D eigenvalue weighted by Gasteiger charge is 2.05. The topological polar surface area (TPSA) is 29.1 Å².